The van der Waals surface area contributed by atoms with Crippen molar-refractivity contribution in [3.8, 4) is 23.3 Å². The summed E-state index contributed by atoms with van der Waals surface area (Å²) in [6, 6.07) is 22.5. The van der Waals surface area contributed by atoms with E-state index >= 15 is 0 Å². The normalized spacial score (nSPS) is 11.3. The predicted octanol–water partition coefficient (Wildman–Crippen LogP) is 5.87. The lowest BCUT2D eigenvalue weighted by Gasteiger charge is -2.09. The lowest BCUT2D eigenvalue weighted by Crippen LogP contribution is -2.17. The van der Waals surface area contributed by atoms with Gasteiger partial charge in [-0.2, -0.15) is 10.2 Å². The molecule has 0 bridgehead atoms. The average Bonchev–Trinajstić information content (AvgIpc) is 3.42. The molecule has 0 aliphatic rings. The van der Waals surface area contributed by atoms with E-state index in [1.165, 1.54) is 24.3 Å². The number of halogens is 4. The molecule has 2 aromatic heterocycles. The Hall–Kier alpha value is -4.21. The summed E-state index contributed by atoms with van der Waals surface area (Å²) in [6.45, 7) is 0. The van der Waals surface area contributed by atoms with Gasteiger partial charge >= 0.3 is 14.8 Å². The quantitative estimate of drug-likeness (QED) is 0.134. The highest BCUT2D eigenvalue weighted by Crippen LogP contribution is 2.26. The highest BCUT2D eigenvalue weighted by Gasteiger charge is 2.25. The fourth-order valence-corrected chi connectivity index (χ4v) is 3.09. The second kappa shape index (κ2) is 10.6. The van der Waals surface area contributed by atoms with Crippen LogP contribution in [0.5, 0.6) is 23.3 Å². The largest absolute Gasteiger partial charge is 0.680 e. The Bertz CT molecular complexity index is 1180. The molecule has 4 rings (SSSR count). The van der Waals surface area contributed by atoms with Crippen molar-refractivity contribution in [2.45, 2.75) is 0 Å². The van der Waals surface area contributed by atoms with E-state index in [4.69, 9.17) is 9.47 Å². The van der Waals surface area contributed by atoms with E-state index in [0.29, 0.717) is 20.5 Å². The van der Waals surface area contributed by atoms with E-state index in [9.17, 15) is 17.3 Å². The summed E-state index contributed by atoms with van der Waals surface area (Å²) >= 11 is 0. The van der Waals surface area contributed by atoms with E-state index in [2.05, 4.69) is 10.2 Å². The summed E-state index contributed by atoms with van der Waals surface area (Å²) in [7, 11) is -5.79. The Balaban J connectivity index is 1.51. The molecule has 0 radical (unpaired) electrons. The van der Waals surface area contributed by atoms with E-state index in [0.717, 1.165) is 12.4 Å². The molecule has 170 valence electrons. The maximum atomic E-state index is 13.6. The average molecular weight is 466 g/mol. The summed E-state index contributed by atoms with van der Waals surface area (Å²) in [4.78, 5) is 0. The minimum Gasteiger partial charge on any atom is -0.442 e. The fraction of sp³-hybridized carbons (Fsp3) is 0. The molecule has 0 atom stereocenters. The number of ether oxygens (including phenoxy) is 2. The molecule has 4 aromatic rings. The van der Waals surface area contributed by atoms with Gasteiger partial charge in [-0.15, -0.1) is 0 Å². The first kappa shape index (κ1) is 23.0. The Morgan fingerprint density at radius 2 is 0.941 bits per heavy atom. The first-order chi connectivity index (χ1) is 16.5. The van der Waals surface area contributed by atoms with Crippen LogP contribution in [-0.2, 0) is 0 Å². The van der Waals surface area contributed by atoms with Crippen LogP contribution in [0.3, 0.4) is 0 Å². The maximum Gasteiger partial charge on any atom is 0.680 e. The van der Waals surface area contributed by atoms with Crippen LogP contribution < -0.4 is 9.47 Å². The minimum atomic E-state index is -2.90. The monoisotopic (exact) mass is 466 g/mol. The Morgan fingerprint density at radius 3 is 1.29 bits per heavy atom. The molecule has 0 spiro atoms. The molecular weight excluding hydrogens is 450 g/mol. The maximum absolute atomic E-state index is 13.6. The van der Waals surface area contributed by atoms with Crippen molar-refractivity contribution in [3.05, 3.63) is 96.3 Å². The minimum absolute atomic E-state index is 0.0235. The number of benzene rings is 2. The van der Waals surface area contributed by atoms with Gasteiger partial charge in [0.05, 0.1) is 23.8 Å². The van der Waals surface area contributed by atoms with Gasteiger partial charge < -0.3 is 9.47 Å². The third kappa shape index (κ3) is 5.40. The highest BCUT2D eigenvalue weighted by molar-refractivity contribution is 6.42. The Morgan fingerprint density at radius 1 is 0.559 bits per heavy atom. The smallest absolute Gasteiger partial charge is 0.442 e. The third-order valence-electron chi connectivity index (χ3n) is 4.59. The lowest BCUT2D eigenvalue weighted by molar-refractivity contribution is 0.447. The zero-order valence-corrected chi connectivity index (χ0v) is 17.5. The number of hydrogen-bond acceptors (Lipinski definition) is 4. The van der Waals surface area contributed by atoms with Gasteiger partial charge in [-0.05, 0) is 48.5 Å². The van der Waals surface area contributed by atoms with Crippen molar-refractivity contribution in [1.82, 2.24) is 8.96 Å². The van der Waals surface area contributed by atoms with Crippen molar-refractivity contribution in [2.75, 3.05) is 0 Å². The van der Waals surface area contributed by atoms with Crippen LogP contribution in [-0.4, -0.2) is 36.2 Å². The van der Waals surface area contributed by atoms with Crippen LogP contribution in [0.15, 0.2) is 95.1 Å². The molecule has 2 aromatic carbocycles. The zero-order chi connectivity index (χ0) is 23.9. The van der Waals surface area contributed by atoms with E-state index < -0.39 is 14.8 Å². The number of rotatable bonds is 9. The van der Waals surface area contributed by atoms with Gasteiger partial charge in [0.15, 0.2) is 11.8 Å². The highest BCUT2D eigenvalue weighted by atomic mass is 19.2. The van der Waals surface area contributed by atoms with E-state index in [1.807, 2.05) is 0 Å². The van der Waals surface area contributed by atoms with Crippen molar-refractivity contribution >= 4 is 27.2 Å². The van der Waals surface area contributed by atoms with Crippen molar-refractivity contribution in [1.29, 1.82) is 0 Å². The molecule has 0 amide bonds. The molecule has 0 aliphatic carbocycles. The van der Waals surface area contributed by atoms with Crippen LogP contribution in [0.1, 0.15) is 11.4 Å². The second-order valence-corrected chi connectivity index (χ2v) is 6.81. The molecule has 0 N–H and O–H groups in total. The number of nitrogens with zero attached hydrogens (tertiary/aromatic N) is 4. The van der Waals surface area contributed by atoms with Crippen LogP contribution in [0.25, 0.3) is 0 Å². The molecular formula is C22H16B2F4N4O2. The summed E-state index contributed by atoms with van der Waals surface area (Å²) in [5, 5.41) is 7.46. The molecule has 0 unspecified atom stereocenters. The van der Waals surface area contributed by atoms with E-state index in [-0.39, 0.29) is 23.1 Å². The van der Waals surface area contributed by atoms with Crippen LogP contribution in [0, 0.1) is 0 Å². The summed E-state index contributed by atoms with van der Waals surface area (Å²) in [6.07, 6.45) is 2.16. The van der Waals surface area contributed by atoms with Gasteiger partial charge in [-0.3, -0.25) is 26.2 Å². The van der Waals surface area contributed by atoms with Gasteiger partial charge in [0.2, 0.25) is 0 Å². The SMILES string of the molecule is FB(F)n1c(/C=N/N=C/c2ccc(Oc3ccccc3)n2B(F)F)ccc1Oc1ccccc1. The van der Waals surface area contributed by atoms with Crippen LogP contribution >= 0.6 is 0 Å². The molecule has 0 aliphatic heterocycles. The summed E-state index contributed by atoms with van der Waals surface area (Å²) in [5.41, 5.74) is 0.0471. The van der Waals surface area contributed by atoms with Gasteiger partial charge in [0.1, 0.15) is 11.5 Å². The molecule has 2 heterocycles. The van der Waals surface area contributed by atoms with Crippen LogP contribution in [0.4, 0.5) is 17.3 Å². The first-order valence-electron chi connectivity index (χ1n) is 10.0. The van der Waals surface area contributed by atoms with E-state index in [1.54, 1.807) is 60.7 Å². The standard InChI is InChI=1S/C22H16B2F4N4O2/c25-23(26)31-17(11-13-21(31)33-19-7-3-1-4-8-19)15-29-30-16-18-12-14-22(32(18)24(27)28)34-20-9-5-2-6-10-20/h1-16H/b29-15+,30-16+. The van der Waals surface area contributed by atoms with Crippen molar-refractivity contribution < 1.29 is 26.7 Å². The zero-order valence-electron chi connectivity index (χ0n) is 17.5. The topological polar surface area (TPSA) is 53.0 Å². The fourth-order valence-electron chi connectivity index (χ4n) is 3.09. The van der Waals surface area contributed by atoms with Gasteiger partial charge in [0, 0.05) is 0 Å². The third-order valence-corrected chi connectivity index (χ3v) is 4.59. The number of hydrogen-bond donors (Lipinski definition) is 0. The van der Waals surface area contributed by atoms with Gasteiger partial charge in [0.25, 0.3) is 0 Å². The Kier molecular flexibility index (Phi) is 7.16. The lowest BCUT2D eigenvalue weighted by atomic mass is 10.2. The van der Waals surface area contributed by atoms with Gasteiger partial charge in [-0.25, -0.2) is 0 Å². The molecule has 0 saturated carbocycles. The Labute approximate surface area is 193 Å². The molecule has 0 fully saturated rings. The molecule has 6 nitrogen and oxygen atoms in total. The second-order valence-electron chi connectivity index (χ2n) is 6.81. The van der Waals surface area contributed by atoms with Gasteiger partial charge in [-0.1, -0.05) is 36.4 Å². The number of para-hydroxylation sites is 2. The number of aromatic nitrogens is 2. The van der Waals surface area contributed by atoms with Crippen molar-refractivity contribution in [3.63, 3.8) is 0 Å². The summed E-state index contributed by atoms with van der Waals surface area (Å²) < 4.78 is 66.7. The van der Waals surface area contributed by atoms with Crippen LogP contribution in [0.2, 0.25) is 0 Å². The van der Waals surface area contributed by atoms with Crippen molar-refractivity contribution in [2.24, 2.45) is 10.2 Å². The summed E-state index contributed by atoms with van der Waals surface area (Å²) in [5.74, 6) is 0.623. The first-order valence-corrected chi connectivity index (χ1v) is 10.0. The molecule has 12 heteroatoms. The molecule has 0 saturated heterocycles. The predicted molar refractivity (Wildman–Crippen MR) is 124 cm³/mol. The molecule has 34 heavy (non-hydrogen) atoms.